The lowest BCUT2D eigenvalue weighted by molar-refractivity contribution is 1.15. The summed E-state index contributed by atoms with van der Waals surface area (Å²) in [4.78, 5) is 0. The molecule has 0 saturated heterocycles. The van der Waals surface area contributed by atoms with Crippen molar-refractivity contribution in [2.45, 2.75) is 0 Å². The molecule has 0 bridgehead atoms. The molecule has 8 aromatic carbocycles. The first-order valence-electron chi connectivity index (χ1n) is 18.3. The molecule has 3 aromatic heterocycles. The van der Waals surface area contributed by atoms with Crippen LogP contribution in [-0.4, -0.2) is 13.7 Å². The number of hydrogen-bond donors (Lipinski definition) is 0. The van der Waals surface area contributed by atoms with Crippen molar-refractivity contribution in [3.05, 3.63) is 187 Å². The third-order valence-corrected chi connectivity index (χ3v) is 11.1. The van der Waals surface area contributed by atoms with Gasteiger partial charge in [-0.25, -0.2) is 0 Å². The van der Waals surface area contributed by atoms with E-state index in [0.29, 0.717) is 11.1 Å². The summed E-state index contributed by atoms with van der Waals surface area (Å²) >= 11 is 0. The van der Waals surface area contributed by atoms with Gasteiger partial charge in [-0.15, -0.1) is 0 Å². The van der Waals surface area contributed by atoms with E-state index in [2.05, 4.69) is 165 Å². The number of rotatable bonds is 4. The van der Waals surface area contributed by atoms with E-state index in [1.54, 1.807) is 0 Å². The van der Waals surface area contributed by atoms with Gasteiger partial charge in [0.15, 0.2) is 0 Å². The molecule has 0 aliphatic carbocycles. The smallest absolute Gasteiger partial charge is 0.0998 e. The summed E-state index contributed by atoms with van der Waals surface area (Å²) in [5, 5.41) is 27.0. The second-order valence-corrected chi connectivity index (χ2v) is 14.0. The van der Waals surface area contributed by atoms with Gasteiger partial charge in [0.25, 0.3) is 0 Å². The van der Waals surface area contributed by atoms with Crippen LogP contribution in [0.1, 0.15) is 11.1 Å². The molecule has 0 aliphatic rings. The Labute approximate surface area is 316 Å². The van der Waals surface area contributed by atoms with Gasteiger partial charge in [-0.1, -0.05) is 97.1 Å². The van der Waals surface area contributed by atoms with E-state index in [1.165, 1.54) is 10.8 Å². The summed E-state index contributed by atoms with van der Waals surface area (Å²) in [6, 6.07) is 66.0. The highest BCUT2D eigenvalue weighted by molar-refractivity contribution is 6.13. The molecule has 11 aromatic rings. The molecule has 5 heteroatoms. The van der Waals surface area contributed by atoms with Crippen LogP contribution in [0.2, 0.25) is 0 Å². The Bertz CT molecular complexity index is 3420. The van der Waals surface area contributed by atoms with Crippen LogP contribution in [0, 0.1) is 22.7 Å². The van der Waals surface area contributed by atoms with Crippen LogP contribution in [0.15, 0.2) is 176 Å². The van der Waals surface area contributed by atoms with Gasteiger partial charge in [0.05, 0.1) is 62.1 Å². The maximum atomic E-state index is 10.2. The average Bonchev–Trinajstić information content (AvgIpc) is 3.89. The summed E-state index contributed by atoms with van der Waals surface area (Å²) in [7, 11) is 0. The van der Waals surface area contributed by atoms with Crippen LogP contribution in [0.4, 0.5) is 0 Å². The van der Waals surface area contributed by atoms with E-state index in [1.807, 2.05) is 36.4 Å². The standard InChI is InChI=1S/C50H29N5/c51-30-32-23-26-47(42(27-32)33-11-9-13-35(28-33)54-46-21-8-4-17-41(46)50-34(31-52)12-10-22-48(50)54)55-45-20-7-3-16-39(45)40-25-24-36(29-49(40)55)53-43-18-5-1-14-37(43)38-15-2-6-19-44(38)53/h1-29H. The molecule has 0 amide bonds. The molecule has 0 saturated carbocycles. The minimum absolute atomic E-state index is 0.589. The highest BCUT2D eigenvalue weighted by Gasteiger charge is 2.20. The lowest BCUT2D eigenvalue weighted by Gasteiger charge is -2.17. The van der Waals surface area contributed by atoms with Gasteiger partial charge in [-0.2, -0.15) is 10.5 Å². The zero-order valence-electron chi connectivity index (χ0n) is 29.5. The first kappa shape index (κ1) is 30.7. The minimum atomic E-state index is 0.589. The van der Waals surface area contributed by atoms with Crippen LogP contribution in [0.25, 0.3) is 93.6 Å². The van der Waals surface area contributed by atoms with Gasteiger partial charge in [-0.05, 0) is 84.4 Å². The maximum absolute atomic E-state index is 10.2. The van der Waals surface area contributed by atoms with Crippen molar-refractivity contribution in [1.29, 1.82) is 10.5 Å². The van der Waals surface area contributed by atoms with E-state index >= 15 is 0 Å². The molecule has 5 nitrogen and oxygen atoms in total. The molecule has 254 valence electrons. The number of aromatic nitrogens is 3. The molecule has 0 spiro atoms. The second kappa shape index (κ2) is 11.8. The topological polar surface area (TPSA) is 62.4 Å². The summed E-state index contributed by atoms with van der Waals surface area (Å²) in [5.41, 5.74) is 12.7. The van der Waals surface area contributed by atoms with Crippen molar-refractivity contribution in [2.75, 3.05) is 0 Å². The van der Waals surface area contributed by atoms with E-state index in [4.69, 9.17) is 0 Å². The lowest BCUT2D eigenvalue weighted by atomic mass is 10.00. The summed E-state index contributed by atoms with van der Waals surface area (Å²) in [5.74, 6) is 0. The normalized spacial score (nSPS) is 11.6. The molecule has 0 N–H and O–H groups in total. The average molecular weight is 700 g/mol. The number of benzene rings is 8. The van der Waals surface area contributed by atoms with Crippen molar-refractivity contribution >= 4 is 65.4 Å². The van der Waals surface area contributed by atoms with Crippen LogP contribution in [0.3, 0.4) is 0 Å². The van der Waals surface area contributed by atoms with Gasteiger partial charge < -0.3 is 13.7 Å². The van der Waals surface area contributed by atoms with E-state index < -0.39 is 0 Å². The number of nitrogens with zero attached hydrogens (tertiary/aromatic N) is 5. The van der Waals surface area contributed by atoms with Crippen molar-refractivity contribution in [3.8, 4) is 40.3 Å². The second-order valence-electron chi connectivity index (χ2n) is 14.0. The van der Waals surface area contributed by atoms with Crippen LogP contribution in [-0.2, 0) is 0 Å². The number of para-hydroxylation sites is 4. The third-order valence-electron chi connectivity index (χ3n) is 11.1. The molecular weight excluding hydrogens is 671 g/mol. The summed E-state index contributed by atoms with van der Waals surface area (Å²) < 4.78 is 6.95. The Hall–Kier alpha value is -7.86. The van der Waals surface area contributed by atoms with Crippen LogP contribution < -0.4 is 0 Å². The summed E-state index contributed by atoms with van der Waals surface area (Å²) in [6.45, 7) is 0. The van der Waals surface area contributed by atoms with Crippen LogP contribution >= 0.6 is 0 Å². The van der Waals surface area contributed by atoms with Gasteiger partial charge in [0.2, 0.25) is 0 Å². The lowest BCUT2D eigenvalue weighted by Crippen LogP contribution is -2.00. The van der Waals surface area contributed by atoms with Gasteiger partial charge >= 0.3 is 0 Å². The molecule has 11 rings (SSSR count). The molecule has 3 heterocycles. The monoisotopic (exact) mass is 699 g/mol. The SMILES string of the molecule is N#Cc1ccc(-n2c3ccccc3c3ccc(-n4c5ccccc5c5ccccc54)cc32)c(-c2cccc(-n3c4ccccc4c4c(C#N)cccc43)c2)c1. The van der Waals surface area contributed by atoms with Crippen molar-refractivity contribution in [2.24, 2.45) is 0 Å². The fourth-order valence-corrected chi connectivity index (χ4v) is 8.79. The fraction of sp³-hybridized carbons (Fsp3) is 0. The van der Waals surface area contributed by atoms with Gasteiger partial charge in [0.1, 0.15) is 0 Å². The molecule has 0 radical (unpaired) electrons. The third kappa shape index (κ3) is 4.45. The highest BCUT2D eigenvalue weighted by atomic mass is 15.0. The molecule has 0 atom stereocenters. The zero-order valence-corrected chi connectivity index (χ0v) is 29.5. The molecule has 0 unspecified atom stereocenters. The quantitative estimate of drug-likeness (QED) is 0.184. The van der Waals surface area contributed by atoms with Gasteiger partial charge in [-0.3, -0.25) is 0 Å². The largest absolute Gasteiger partial charge is 0.309 e. The predicted molar refractivity (Wildman–Crippen MR) is 224 cm³/mol. The van der Waals surface area contributed by atoms with Crippen molar-refractivity contribution in [3.63, 3.8) is 0 Å². The Morgan fingerprint density at radius 1 is 0.364 bits per heavy atom. The van der Waals surface area contributed by atoms with Crippen LogP contribution in [0.5, 0.6) is 0 Å². The Morgan fingerprint density at radius 3 is 1.58 bits per heavy atom. The first-order chi connectivity index (χ1) is 27.2. The van der Waals surface area contributed by atoms with Crippen molar-refractivity contribution in [1.82, 2.24) is 13.7 Å². The number of nitriles is 2. The van der Waals surface area contributed by atoms with Crippen molar-refractivity contribution < 1.29 is 0 Å². The predicted octanol–water partition coefficient (Wildman–Crippen LogP) is 12.4. The minimum Gasteiger partial charge on any atom is -0.309 e. The Balaban J connectivity index is 1.18. The maximum Gasteiger partial charge on any atom is 0.0998 e. The molecular formula is C50H29N5. The molecule has 0 fully saturated rings. The fourth-order valence-electron chi connectivity index (χ4n) is 8.79. The molecule has 55 heavy (non-hydrogen) atoms. The number of fused-ring (bicyclic) bond motifs is 9. The van der Waals surface area contributed by atoms with E-state index in [9.17, 15) is 10.5 Å². The van der Waals surface area contributed by atoms with E-state index in [-0.39, 0.29) is 0 Å². The first-order valence-corrected chi connectivity index (χ1v) is 18.3. The summed E-state index contributed by atoms with van der Waals surface area (Å²) in [6.07, 6.45) is 0. The number of hydrogen-bond acceptors (Lipinski definition) is 2. The zero-order chi connectivity index (χ0) is 36.6. The van der Waals surface area contributed by atoms with E-state index in [0.717, 1.165) is 82.8 Å². The Morgan fingerprint density at radius 2 is 0.909 bits per heavy atom. The Kier molecular flexibility index (Phi) is 6.61. The highest BCUT2D eigenvalue weighted by Crippen LogP contribution is 2.40. The molecule has 0 aliphatic heterocycles. The van der Waals surface area contributed by atoms with Gasteiger partial charge in [0, 0.05) is 49.3 Å².